The first-order valence-electron chi connectivity index (χ1n) is 13.3. The normalized spacial score (nSPS) is 15.4. The zero-order valence-corrected chi connectivity index (χ0v) is 26.9. The number of rotatable bonds is 10. The number of primary sulfonamides is 1. The van der Waals surface area contributed by atoms with Crippen molar-refractivity contribution in [1.29, 1.82) is 0 Å². The van der Waals surface area contributed by atoms with E-state index in [0.717, 1.165) is 27.4 Å². The number of carbonyl (C=O) groups is 2. The number of benzene rings is 3. The van der Waals surface area contributed by atoms with Crippen LogP contribution in [0.15, 0.2) is 114 Å². The molecule has 45 heavy (non-hydrogen) atoms. The predicted molar refractivity (Wildman–Crippen MR) is 177 cm³/mol. The molecule has 1 aliphatic rings. The van der Waals surface area contributed by atoms with Crippen molar-refractivity contribution >= 4 is 72.7 Å². The number of amides is 2. The van der Waals surface area contributed by atoms with Crippen molar-refractivity contribution in [2.24, 2.45) is 15.3 Å². The van der Waals surface area contributed by atoms with Crippen molar-refractivity contribution in [2.45, 2.75) is 18.4 Å². The van der Waals surface area contributed by atoms with Crippen LogP contribution in [0.4, 0.5) is 5.69 Å². The fourth-order valence-corrected chi connectivity index (χ4v) is 5.95. The van der Waals surface area contributed by atoms with Crippen LogP contribution in [0.25, 0.3) is 6.08 Å². The Labute approximate surface area is 272 Å². The highest BCUT2D eigenvalue weighted by Crippen LogP contribution is 2.36. The van der Waals surface area contributed by atoms with Crippen molar-refractivity contribution in [3.05, 3.63) is 117 Å². The van der Waals surface area contributed by atoms with Crippen LogP contribution >= 0.6 is 27.7 Å². The predicted octanol–water partition coefficient (Wildman–Crippen LogP) is 5.52. The third kappa shape index (κ3) is 8.36. The molecule has 0 spiro atoms. The molecule has 1 fully saturated rings. The highest BCUT2D eigenvalue weighted by molar-refractivity contribution is 9.10. The van der Waals surface area contributed by atoms with Gasteiger partial charge in [0.15, 0.2) is 11.8 Å². The molecule has 1 aliphatic heterocycles. The van der Waals surface area contributed by atoms with Gasteiger partial charge in [0.25, 0.3) is 11.8 Å². The fourth-order valence-electron chi connectivity index (χ4n) is 4.13. The maximum absolute atomic E-state index is 13.6. The molecule has 1 aromatic heterocycles. The molecule has 11 nitrogen and oxygen atoms in total. The highest BCUT2D eigenvalue weighted by Gasteiger charge is 2.34. The number of aryl methyl sites for hydroxylation is 1. The van der Waals surface area contributed by atoms with Crippen LogP contribution in [-0.2, 0) is 26.2 Å². The Morgan fingerprint density at radius 3 is 2.58 bits per heavy atom. The van der Waals surface area contributed by atoms with E-state index < -0.39 is 15.9 Å². The molecule has 0 bridgehead atoms. The first-order valence-corrected chi connectivity index (χ1v) is 16.5. The summed E-state index contributed by atoms with van der Waals surface area (Å²) >= 11 is 4.61. The molecule has 0 unspecified atom stereocenters. The molecule has 2 heterocycles. The lowest BCUT2D eigenvalue weighted by molar-refractivity contribution is -0.122. The van der Waals surface area contributed by atoms with Crippen LogP contribution in [0, 0.1) is 6.92 Å². The van der Waals surface area contributed by atoms with Crippen LogP contribution < -0.4 is 15.2 Å². The average molecular weight is 709 g/mol. The molecular weight excluding hydrogens is 682 g/mol. The van der Waals surface area contributed by atoms with Crippen LogP contribution in [0.3, 0.4) is 0 Å². The number of amidine groups is 1. The third-order valence-corrected chi connectivity index (χ3v) is 8.81. The van der Waals surface area contributed by atoms with Gasteiger partial charge in [0.1, 0.15) is 11.5 Å². The van der Waals surface area contributed by atoms with Gasteiger partial charge < -0.3 is 14.5 Å². The molecule has 230 valence electrons. The van der Waals surface area contributed by atoms with Crippen molar-refractivity contribution in [2.75, 3.05) is 11.9 Å². The fraction of sp³-hybridized carbons (Fsp3) is 0.0968. The third-order valence-electron chi connectivity index (χ3n) is 6.39. The van der Waals surface area contributed by atoms with E-state index in [1.807, 2.05) is 31.2 Å². The van der Waals surface area contributed by atoms with Crippen molar-refractivity contribution in [3.63, 3.8) is 0 Å². The van der Waals surface area contributed by atoms with Crippen LogP contribution in [0.2, 0.25) is 0 Å². The molecular formula is C31H26BrN5O6S2. The lowest BCUT2D eigenvalue weighted by Crippen LogP contribution is -2.28. The van der Waals surface area contributed by atoms with Crippen molar-refractivity contribution < 1.29 is 27.2 Å². The van der Waals surface area contributed by atoms with E-state index in [1.54, 1.807) is 42.6 Å². The summed E-state index contributed by atoms with van der Waals surface area (Å²) in [5.74, 6) is 0.168. The Bertz CT molecular complexity index is 1920. The van der Waals surface area contributed by atoms with Gasteiger partial charge in [0, 0.05) is 15.7 Å². The minimum Gasteiger partial charge on any atom is -0.483 e. The van der Waals surface area contributed by atoms with Gasteiger partial charge in [-0.05, 0) is 90.5 Å². The van der Waals surface area contributed by atoms with Gasteiger partial charge in [0.05, 0.1) is 28.8 Å². The molecule has 3 N–H and O–H groups in total. The van der Waals surface area contributed by atoms with Crippen LogP contribution in [0.5, 0.6) is 5.75 Å². The van der Waals surface area contributed by atoms with Gasteiger partial charge in [-0.25, -0.2) is 13.6 Å². The van der Waals surface area contributed by atoms with E-state index >= 15 is 0 Å². The maximum atomic E-state index is 13.6. The molecule has 3 aromatic carbocycles. The monoisotopic (exact) mass is 707 g/mol. The molecule has 0 aliphatic carbocycles. The largest absolute Gasteiger partial charge is 0.483 e. The number of nitrogens with two attached hydrogens (primary N) is 1. The molecule has 1 saturated heterocycles. The van der Waals surface area contributed by atoms with Crippen LogP contribution in [-0.4, -0.2) is 43.1 Å². The number of nitrogens with zero attached hydrogens (tertiary/aromatic N) is 3. The summed E-state index contributed by atoms with van der Waals surface area (Å²) in [5, 5.41) is 16.7. The number of sulfonamides is 1. The quantitative estimate of drug-likeness (QED) is 0.125. The first-order chi connectivity index (χ1) is 21.6. The Hall–Kier alpha value is -4.50. The molecule has 0 radical (unpaired) electrons. The van der Waals surface area contributed by atoms with Crippen molar-refractivity contribution in [1.82, 2.24) is 4.90 Å². The summed E-state index contributed by atoms with van der Waals surface area (Å²) in [6, 6.07) is 21.9. The molecule has 0 atom stereocenters. The number of carbonyl (C=O) groups excluding carboxylic acids is 2. The lowest BCUT2D eigenvalue weighted by atomic mass is 10.1. The SMILES string of the molecule is Cc1ccccc1/C=N\N=C1\S/C(=C\c2cc(Br)ccc2OCC(=O)Nc2ccc(S(N)(=O)=O)cc2)C(=O)N1Cc1ccco1. The van der Waals surface area contributed by atoms with E-state index in [0.29, 0.717) is 32.8 Å². The van der Waals surface area contributed by atoms with Gasteiger partial charge in [-0.15, -0.1) is 5.10 Å². The number of nitrogens with one attached hydrogen (secondary N) is 1. The summed E-state index contributed by atoms with van der Waals surface area (Å²) in [6.45, 7) is 1.79. The summed E-state index contributed by atoms with van der Waals surface area (Å²) < 4.78 is 35.0. The smallest absolute Gasteiger partial charge is 0.267 e. The summed E-state index contributed by atoms with van der Waals surface area (Å²) in [7, 11) is -3.85. The standard InChI is InChI=1S/C31H26BrN5O6S2/c1-20-5-2-3-6-21(20)17-34-36-31-37(18-25-7-4-14-42-25)30(39)28(44-31)16-22-15-23(32)8-13-27(22)43-19-29(38)35-24-9-11-26(12-10-24)45(33,40)41/h2-17H,18-19H2,1H3,(H,35,38)(H2,33,40,41)/b28-16-,34-17-,36-31+. The van der Waals surface area contributed by atoms with E-state index in [9.17, 15) is 18.0 Å². The van der Waals surface area contributed by atoms with E-state index in [2.05, 4.69) is 31.4 Å². The first kappa shape index (κ1) is 31.9. The number of anilines is 1. The zero-order chi connectivity index (χ0) is 32.0. The zero-order valence-electron chi connectivity index (χ0n) is 23.7. The Balaban J connectivity index is 1.34. The van der Waals surface area contributed by atoms with E-state index in [1.165, 1.54) is 35.4 Å². The van der Waals surface area contributed by atoms with Crippen molar-refractivity contribution in [3.8, 4) is 5.75 Å². The number of furan rings is 1. The minimum absolute atomic E-state index is 0.0716. The molecule has 4 aromatic rings. The van der Waals surface area contributed by atoms with Gasteiger partial charge in [-0.3, -0.25) is 14.5 Å². The second-order valence-electron chi connectivity index (χ2n) is 9.65. The topological polar surface area (TPSA) is 157 Å². The summed E-state index contributed by atoms with van der Waals surface area (Å²) in [5.41, 5.74) is 2.87. The maximum Gasteiger partial charge on any atom is 0.267 e. The highest BCUT2D eigenvalue weighted by atomic mass is 79.9. The van der Waals surface area contributed by atoms with Crippen LogP contribution in [0.1, 0.15) is 22.5 Å². The molecule has 0 saturated carbocycles. The van der Waals surface area contributed by atoms with Gasteiger partial charge >= 0.3 is 0 Å². The van der Waals surface area contributed by atoms with Gasteiger partial charge in [-0.2, -0.15) is 5.10 Å². The molecule has 2 amide bonds. The average Bonchev–Trinajstić information content (AvgIpc) is 3.62. The number of thioether (sulfide) groups is 1. The minimum atomic E-state index is -3.85. The van der Waals surface area contributed by atoms with E-state index in [-0.39, 0.29) is 24.0 Å². The molecule has 5 rings (SSSR count). The number of hydrogen-bond donors (Lipinski definition) is 2. The van der Waals surface area contributed by atoms with Gasteiger partial charge in [0.2, 0.25) is 10.0 Å². The van der Waals surface area contributed by atoms with Gasteiger partial charge in [-0.1, -0.05) is 40.2 Å². The summed E-state index contributed by atoms with van der Waals surface area (Å²) in [4.78, 5) is 28.0. The number of halogens is 1. The Morgan fingerprint density at radius 2 is 1.87 bits per heavy atom. The Kier molecular flexibility index (Phi) is 9.98. The van der Waals surface area contributed by atoms with E-state index in [4.69, 9.17) is 14.3 Å². The summed E-state index contributed by atoms with van der Waals surface area (Å²) in [6.07, 6.45) is 4.84. The number of ether oxygens (including phenoxy) is 1. The second kappa shape index (κ2) is 14.1. The molecule has 14 heteroatoms. The second-order valence-corrected chi connectivity index (χ2v) is 13.1. The Morgan fingerprint density at radius 1 is 1.09 bits per heavy atom. The number of hydrogen-bond acceptors (Lipinski definition) is 9. The lowest BCUT2D eigenvalue weighted by Gasteiger charge is -2.13.